The molecule has 21 heavy (non-hydrogen) atoms. The van der Waals surface area contributed by atoms with E-state index in [1.807, 2.05) is 4.90 Å². The highest BCUT2D eigenvalue weighted by molar-refractivity contribution is 5.88. The van der Waals surface area contributed by atoms with Crippen molar-refractivity contribution in [3.8, 4) is 5.75 Å². The molecule has 5 nitrogen and oxygen atoms in total. The second-order valence-electron chi connectivity index (χ2n) is 5.27. The molecule has 1 aromatic rings. The van der Waals surface area contributed by atoms with Crippen LogP contribution in [0.5, 0.6) is 5.75 Å². The summed E-state index contributed by atoms with van der Waals surface area (Å²) in [5.74, 6) is -0.621. The van der Waals surface area contributed by atoms with E-state index in [9.17, 15) is 9.59 Å². The van der Waals surface area contributed by atoms with Gasteiger partial charge in [0, 0.05) is 12.6 Å². The minimum Gasteiger partial charge on any atom is -0.484 e. The molecule has 1 amide bonds. The van der Waals surface area contributed by atoms with Crippen LogP contribution >= 0.6 is 0 Å². The number of likely N-dealkylation sites (tertiary alicyclic amines) is 1. The lowest BCUT2D eigenvalue weighted by Gasteiger charge is -2.35. The topological polar surface area (TPSA) is 66.8 Å². The summed E-state index contributed by atoms with van der Waals surface area (Å²) in [6, 6.07) is 6.50. The Morgan fingerprint density at radius 2 is 2.19 bits per heavy atom. The third kappa shape index (κ3) is 3.97. The van der Waals surface area contributed by atoms with Gasteiger partial charge in [-0.15, -0.1) is 0 Å². The van der Waals surface area contributed by atoms with Gasteiger partial charge in [0.25, 0.3) is 5.91 Å². The average molecular weight is 291 g/mol. The summed E-state index contributed by atoms with van der Waals surface area (Å²) in [4.78, 5) is 25.0. The summed E-state index contributed by atoms with van der Waals surface area (Å²) < 4.78 is 5.45. The van der Waals surface area contributed by atoms with Crippen molar-refractivity contribution >= 4 is 11.9 Å². The highest BCUT2D eigenvalue weighted by Crippen LogP contribution is 2.20. The number of rotatable bonds is 5. The summed E-state index contributed by atoms with van der Waals surface area (Å²) in [6.07, 6.45) is 4.22. The summed E-state index contributed by atoms with van der Waals surface area (Å²) in [5.41, 5.74) is 0.157. The Morgan fingerprint density at radius 3 is 2.90 bits per heavy atom. The molecular weight excluding hydrogens is 270 g/mol. The first-order chi connectivity index (χ1) is 10.1. The maximum atomic E-state index is 12.2. The Kier molecular flexibility index (Phi) is 5.20. The van der Waals surface area contributed by atoms with Gasteiger partial charge in [0.05, 0.1) is 5.56 Å². The highest BCUT2D eigenvalue weighted by atomic mass is 16.5. The second-order valence-corrected chi connectivity index (χ2v) is 5.27. The fourth-order valence-corrected chi connectivity index (χ4v) is 2.70. The van der Waals surface area contributed by atoms with E-state index in [1.165, 1.54) is 18.6 Å². The van der Waals surface area contributed by atoms with Gasteiger partial charge in [-0.05, 0) is 43.9 Å². The maximum absolute atomic E-state index is 12.2. The molecule has 1 saturated heterocycles. The van der Waals surface area contributed by atoms with Crippen LogP contribution in [-0.4, -0.2) is 41.1 Å². The molecule has 114 valence electrons. The van der Waals surface area contributed by atoms with E-state index in [2.05, 4.69) is 6.92 Å². The molecule has 1 aliphatic heterocycles. The van der Waals surface area contributed by atoms with Crippen LogP contribution < -0.4 is 4.74 Å². The Balaban J connectivity index is 1.94. The predicted octanol–water partition coefficient (Wildman–Crippen LogP) is 2.55. The number of carboxylic acid groups (broad SMARTS) is 1. The first-order valence-corrected chi connectivity index (χ1v) is 7.37. The van der Waals surface area contributed by atoms with Gasteiger partial charge in [0.2, 0.25) is 0 Å². The first-order valence-electron chi connectivity index (χ1n) is 7.37. The standard InChI is InChI=1S/C16H21NO4/c1-2-13-7-3-4-9-17(13)15(18)11-21-14-8-5-6-12(10-14)16(19)20/h5-6,8,10,13H,2-4,7,9,11H2,1H3,(H,19,20). The number of aromatic carboxylic acids is 1. The zero-order chi connectivity index (χ0) is 15.2. The van der Waals surface area contributed by atoms with Crippen LogP contribution in [0.1, 0.15) is 43.0 Å². The lowest BCUT2D eigenvalue weighted by atomic mass is 10.00. The SMILES string of the molecule is CCC1CCCCN1C(=O)COc1cccc(C(=O)O)c1. The lowest BCUT2D eigenvalue weighted by Crippen LogP contribution is -2.45. The van der Waals surface area contributed by atoms with Crippen molar-refractivity contribution in [2.45, 2.75) is 38.6 Å². The van der Waals surface area contributed by atoms with Gasteiger partial charge in [-0.25, -0.2) is 4.79 Å². The molecule has 1 aromatic carbocycles. The van der Waals surface area contributed by atoms with Gasteiger partial charge in [0.1, 0.15) is 5.75 Å². The first kappa shape index (κ1) is 15.4. The van der Waals surface area contributed by atoms with E-state index in [-0.39, 0.29) is 18.1 Å². The largest absolute Gasteiger partial charge is 0.484 e. The quantitative estimate of drug-likeness (QED) is 0.905. The lowest BCUT2D eigenvalue weighted by molar-refractivity contribution is -0.137. The summed E-state index contributed by atoms with van der Waals surface area (Å²) in [6.45, 7) is 2.84. The molecule has 0 aromatic heterocycles. The Morgan fingerprint density at radius 1 is 1.38 bits per heavy atom. The van der Waals surface area contributed by atoms with Gasteiger partial charge in [-0.2, -0.15) is 0 Å². The van der Waals surface area contributed by atoms with E-state index < -0.39 is 5.97 Å². The fraction of sp³-hybridized carbons (Fsp3) is 0.500. The van der Waals surface area contributed by atoms with Crippen LogP contribution in [0.15, 0.2) is 24.3 Å². The number of hydrogen-bond donors (Lipinski definition) is 1. The summed E-state index contributed by atoms with van der Waals surface area (Å²) in [5, 5.41) is 8.93. The third-order valence-corrected chi connectivity index (χ3v) is 3.86. The van der Waals surface area contributed by atoms with E-state index in [0.717, 1.165) is 25.8 Å². The number of amides is 1. The van der Waals surface area contributed by atoms with Crippen molar-refractivity contribution in [2.24, 2.45) is 0 Å². The summed E-state index contributed by atoms with van der Waals surface area (Å²) in [7, 11) is 0. The number of benzene rings is 1. The minimum atomic E-state index is -1.01. The molecule has 1 unspecified atom stereocenters. The van der Waals surface area contributed by atoms with Crippen molar-refractivity contribution in [1.82, 2.24) is 4.90 Å². The van der Waals surface area contributed by atoms with Crippen LogP contribution in [0, 0.1) is 0 Å². The van der Waals surface area contributed by atoms with E-state index >= 15 is 0 Å². The Bertz CT molecular complexity index is 515. The summed E-state index contributed by atoms with van der Waals surface area (Å²) >= 11 is 0. The molecule has 0 aliphatic carbocycles. The van der Waals surface area contributed by atoms with Gasteiger partial charge in [0.15, 0.2) is 6.61 Å². The molecule has 1 aliphatic rings. The van der Waals surface area contributed by atoms with E-state index in [0.29, 0.717) is 11.8 Å². The molecule has 0 bridgehead atoms. The molecule has 2 rings (SSSR count). The Labute approximate surface area is 124 Å². The number of hydrogen-bond acceptors (Lipinski definition) is 3. The number of carbonyl (C=O) groups is 2. The molecule has 0 radical (unpaired) electrons. The van der Waals surface area contributed by atoms with Crippen molar-refractivity contribution in [1.29, 1.82) is 0 Å². The highest BCUT2D eigenvalue weighted by Gasteiger charge is 2.25. The number of carbonyl (C=O) groups excluding carboxylic acids is 1. The average Bonchev–Trinajstić information content (AvgIpc) is 2.52. The molecule has 1 atom stereocenters. The molecular formula is C16H21NO4. The molecule has 1 fully saturated rings. The fourth-order valence-electron chi connectivity index (χ4n) is 2.70. The minimum absolute atomic E-state index is 0.0257. The molecule has 0 spiro atoms. The zero-order valence-electron chi connectivity index (χ0n) is 12.2. The number of ether oxygens (including phenoxy) is 1. The van der Waals surface area contributed by atoms with Crippen LogP contribution in [0.25, 0.3) is 0 Å². The predicted molar refractivity (Wildman–Crippen MR) is 78.5 cm³/mol. The van der Waals surface area contributed by atoms with Crippen LogP contribution in [0.4, 0.5) is 0 Å². The number of carboxylic acids is 1. The van der Waals surface area contributed by atoms with Crippen molar-refractivity contribution in [3.05, 3.63) is 29.8 Å². The third-order valence-electron chi connectivity index (χ3n) is 3.86. The second kappa shape index (κ2) is 7.11. The molecule has 0 saturated carbocycles. The van der Waals surface area contributed by atoms with Crippen LogP contribution in [0.2, 0.25) is 0 Å². The van der Waals surface area contributed by atoms with E-state index in [1.54, 1.807) is 12.1 Å². The Hall–Kier alpha value is -2.04. The monoisotopic (exact) mass is 291 g/mol. The van der Waals surface area contributed by atoms with Gasteiger partial charge in [-0.1, -0.05) is 13.0 Å². The molecule has 5 heteroatoms. The van der Waals surface area contributed by atoms with Crippen LogP contribution in [-0.2, 0) is 4.79 Å². The van der Waals surface area contributed by atoms with E-state index in [4.69, 9.17) is 9.84 Å². The van der Waals surface area contributed by atoms with Crippen molar-refractivity contribution in [2.75, 3.05) is 13.2 Å². The van der Waals surface area contributed by atoms with Crippen molar-refractivity contribution in [3.63, 3.8) is 0 Å². The number of nitrogens with zero attached hydrogens (tertiary/aromatic N) is 1. The number of piperidine rings is 1. The normalized spacial score (nSPS) is 18.3. The smallest absolute Gasteiger partial charge is 0.335 e. The van der Waals surface area contributed by atoms with Crippen LogP contribution in [0.3, 0.4) is 0 Å². The molecule has 1 N–H and O–H groups in total. The zero-order valence-corrected chi connectivity index (χ0v) is 12.2. The van der Waals surface area contributed by atoms with Gasteiger partial charge in [-0.3, -0.25) is 4.79 Å². The maximum Gasteiger partial charge on any atom is 0.335 e. The molecule has 1 heterocycles. The van der Waals surface area contributed by atoms with Crippen molar-refractivity contribution < 1.29 is 19.4 Å². The van der Waals surface area contributed by atoms with Gasteiger partial charge < -0.3 is 14.7 Å². The van der Waals surface area contributed by atoms with Gasteiger partial charge >= 0.3 is 5.97 Å².